The first-order valence-corrected chi connectivity index (χ1v) is 7.19. The average Bonchev–Trinajstić information content (AvgIpc) is 2.89. The molecule has 1 saturated carbocycles. The second-order valence-electron chi connectivity index (χ2n) is 5.24. The number of hydrogen-bond acceptors (Lipinski definition) is 2. The van der Waals surface area contributed by atoms with Crippen molar-refractivity contribution in [3.63, 3.8) is 0 Å². The Hall–Kier alpha value is -1.42. The minimum Gasteiger partial charge on any atom is -0.389 e. The number of nitrogens with one attached hydrogen (secondary N) is 1. The Labute approximate surface area is 119 Å². The molecule has 1 aromatic rings. The minimum atomic E-state index is -0.181. The van der Waals surface area contributed by atoms with Gasteiger partial charge in [-0.2, -0.15) is 0 Å². The van der Waals surface area contributed by atoms with E-state index >= 15 is 0 Å². The van der Waals surface area contributed by atoms with E-state index in [9.17, 15) is 4.79 Å². The molecular formula is C15H20N2OS. The van der Waals surface area contributed by atoms with Crippen LogP contribution in [0.4, 0.5) is 5.69 Å². The zero-order chi connectivity index (χ0) is 13.9. The van der Waals surface area contributed by atoms with Crippen molar-refractivity contribution in [1.82, 2.24) is 0 Å². The molecule has 0 spiro atoms. The summed E-state index contributed by atoms with van der Waals surface area (Å²) in [7, 11) is 0. The molecule has 2 rings (SSSR count). The minimum absolute atomic E-state index is 0.132. The molecule has 1 amide bonds. The van der Waals surface area contributed by atoms with E-state index in [0.717, 1.165) is 43.4 Å². The van der Waals surface area contributed by atoms with Gasteiger partial charge >= 0.3 is 0 Å². The van der Waals surface area contributed by atoms with Crippen LogP contribution in [0.5, 0.6) is 0 Å². The topological polar surface area (TPSA) is 55.1 Å². The molecule has 0 heterocycles. The van der Waals surface area contributed by atoms with Crippen molar-refractivity contribution >= 4 is 28.8 Å². The fourth-order valence-corrected chi connectivity index (χ4v) is 2.93. The number of nitrogens with two attached hydrogens (primary N) is 1. The van der Waals surface area contributed by atoms with Crippen molar-refractivity contribution in [1.29, 1.82) is 0 Å². The number of hydrogen-bond donors (Lipinski definition) is 2. The Balaban J connectivity index is 2.14. The van der Waals surface area contributed by atoms with Crippen LogP contribution in [-0.4, -0.2) is 10.9 Å². The average molecular weight is 276 g/mol. The first-order chi connectivity index (χ1) is 9.07. The summed E-state index contributed by atoms with van der Waals surface area (Å²) in [6, 6.07) is 7.41. The molecular weight excluding hydrogens is 256 g/mol. The molecule has 0 bridgehead atoms. The molecule has 0 unspecified atom stereocenters. The molecule has 1 aliphatic carbocycles. The third-order valence-electron chi connectivity index (χ3n) is 4.12. The second kappa shape index (κ2) is 5.70. The lowest BCUT2D eigenvalue weighted by Gasteiger charge is -2.26. The van der Waals surface area contributed by atoms with Gasteiger partial charge in [0, 0.05) is 16.7 Å². The van der Waals surface area contributed by atoms with Gasteiger partial charge in [0.2, 0.25) is 5.91 Å². The maximum Gasteiger partial charge on any atom is 0.230 e. The largest absolute Gasteiger partial charge is 0.389 e. The van der Waals surface area contributed by atoms with E-state index in [4.69, 9.17) is 18.0 Å². The Kier molecular flexibility index (Phi) is 4.20. The predicted molar refractivity (Wildman–Crippen MR) is 82.2 cm³/mol. The number of carbonyl (C=O) groups excluding carboxylic acids is 1. The van der Waals surface area contributed by atoms with Crippen LogP contribution in [0.25, 0.3) is 0 Å². The van der Waals surface area contributed by atoms with Crippen molar-refractivity contribution in [2.24, 2.45) is 11.1 Å². The lowest BCUT2D eigenvalue weighted by Crippen LogP contribution is -2.33. The zero-order valence-corrected chi connectivity index (χ0v) is 12.1. The molecule has 102 valence electrons. The Bertz CT molecular complexity index is 493. The SMILES string of the molecule is CCC1(C(=O)Nc2cccc(C(N)=S)c2)CCCC1. The van der Waals surface area contributed by atoms with E-state index in [1.165, 1.54) is 0 Å². The molecule has 0 aromatic heterocycles. The Morgan fingerprint density at radius 1 is 1.42 bits per heavy atom. The highest BCUT2D eigenvalue weighted by molar-refractivity contribution is 7.80. The molecule has 3 nitrogen and oxygen atoms in total. The standard InChI is InChI=1S/C15H20N2OS/c1-2-15(8-3-4-9-15)14(18)17-12-7-5-6-11(10-12)13(16)19/h5-7,10H,2-4,8-9H2,1H3,(H2,16,19)(H,17,18). The number of amides is 1. The molecule has 1 aliphatic rings. The highest BCUT2D eigenvalue weighted by atomic mass is 32.1. The molecule has 0 aliphatic heterocycles. The van der Waals surface area contributed by atoms with Gasteiger partial charge in [0.1, 0.15) is 4.99 Å². The lowest BCUT2D eigenvalue weighted by atomic mass is 9.82. The van der Waals surface area contributed by atoms with Gasteiger partial charge in [0.25, 0.3) is 0 Å². The van der Waals surface area contributed by atoms with Gasteiger partial charge in [-0.25, -0.2) is 0 Å². The van der Waals surface area contributed by atoms with E-state index in [2.05, 4.69) is 12.2 Å². The van der Waals surface area contributed by atoms with Crippen LogP contribution in [0.2, 0.25) is 0 Å². The van der Waals surface area contributed by atoms with Gasteiger partial charge < -0.3 is 11.1 Å². The smallest absolute Gasteiger partial charge is 0.230 e. The summed E-state index contributed by atoms with van der Waals surface area (Å²) >= 11 is 4.95. The lowest BCUT2D eigenvalue weighted by molar-refractivity contribution is -0.125. The summed E-state index contributed by atoms with van der Waals surface area (Å²) in [5.74, 6) is 0.132. The molecule has 1 fully saturated rings. The molecule has 1 aromatic carbocycles. The molecule has 0 atom stereocenters. The van der Waals surface area contributed by atoms with Crippen molar-refractivity contribution in [3.05, 3.63) is 29.8 Å². The van der Waals surface area contributed by atoms with E-state index in [1.807, 2.05) is 24.3 Å². The van der Waals surface area contributed by atoms with Crippen LogP contribution < -0.4 is 11.1 Å². The first kappa shape index (κ1) is 14.0. The van der Waals surface area contributed by atoms with E-state index in [1.54, 1.807) is 0 Å². The predicted octanol–water partition coefficient (Wildman–Crippen LogP) is 3.23. The maximum absolute atomic E-state index is 12.5. The summed E-state index contributed by atoms with van der Waals surface area (Å²) < 4.78 is 0. The van der Waals surface area contributed by atoms with Crippen LogP contribution in [-0.2, 0) is 4.79 Å². The highest BCUT2D eigenvalue weighted by Crippen LogP contribution is 2.41. The van der Waals surface area contributed by atoms with Gasteiger partial charge in [-0.3, -0.25) is 4.79 Å². The van der Waals surface area contributed by atoms with Crippen LogP contribution in [0, 0.1) is 5.41 Å². The molecule has 0 saturated heterocycles. The zero-order valence-electron chi connectivity index (χ0n) is 11.2. The van der Waals surface area contributed by atoms with Crippen molar-refractivity contribution < 1.29 is 4.79 Å². The van der Waals surface area contributed by atoms with Crippen molar-refractivity contribution in [2.45, 2.75) is 39.0 Å². The van der Waals surface area contributed by atoms with E-state index < -0.39 is 0 Å². The van der Waals surface area contributed by atoms with Gasteiger partial charge in [0.15, 0.2) is 0 Å². The molecule has 19 heavy (non-hydrogen) atoms. The van der Waals surface area contributed by atoms with Crippen LogP contribution >= 0.6 is 12.2 Å². The van der Waals surface area contributed by atoms with Crippen molar-refractivity contribution in [2.75, 3.05) is 5.32 Å². The van der Waals surface area contributed by atoms with E-state index in [0.29, 0.717) is 4.99 Å². The van der Waals surface area contributed by atoms with Crippen LogP contribution in [0.3, 0.4) is 0 Å². The normalized spacial score (nSPS) is 17.1. The summed E-state index contributed by atoms with van der Waals surface area (Å²) in [5.41, 5.74) is 6.98. The molecule has 4 heteroatoms. The number of thiocarbonyl (C=S) groups is 1. The summed E-state index contributed by atoms with van der Waals surface area (Å²) in [5, 5.41) is 3.02. The Morgan fingerprint density at radius 3 is 2.68 bits per heavy atom. The van der Waals surface area contributed by atoms with Gasteiger partial charge in [-0.15, -0.1) is 0 Å². The van der Waals surface area contributed by atoms with Gasteiger partial charge in [0.05, 0.1) is 0 Å². The number of anilines is 1. The molecule has 3 N–H and O–H groups in total. The van der Waals surface area contributed by atoms with Crippen LogP contribution in [0.15, 0.2) is 24.3 Å². The fourth-order valence-electron chi connectivity index (χ4n) is 2.81. The second-order valence-corrected chi connectivity index (χ2v) is 5.68. The number of benzene rings is 1. The Morgan fingerprint density at radius 2 is 2.11 bits per heavy atom. The number of rotatable bonds is 4. The maximum atomic E-state index is 12.5. The van der Waals surface area contributed by atoms with Gasteiger partial charge in [-0.1, -0.05) is 44.1 Å². The monoisotopic (exact) mass is 276 g/mol. The summed E-state index contributed by atoms with van der Waals surface area (Å²) in [6.45, 7) is 2.09. The molecule has 0 radical (unpaired) electrons. The van der Waals surface area contributed by atoms with Crippen LogP contribution in [0.1, 0.15) is 44.6 Å². The third-order valence-corrected chi connectivity index (χ3v) is 4.36. The van der Waals surface area contributed by atoms with E-state index in [-0.39, 0.29) is 11.3 Å². The van der Waals surface area contributed by atoms with Gasteiger partial charge in [-0.05, 0) is 31.4 Å². The highest BCUT2D eigenvalue weighted by Gasteiger charge is 2.39. The third kappa shape index (κ3) is 2.95. The summed E-state index contributed by atoms with van der Waals surface area (Å²) in [6.07, 6.45) is 5.17. The summed E-state index contributed by atoms with van der Waals surface area (Å²) in [4.78, 5) is 12.8. The fraction of sp³-hybridized carbons (Fsp3) is 0.467. The number of carbonyl (C=O) groups is 1. The first-order valence-electron chi connectivity index (χ1n) is 6.79. The van der Waals surface area contributed by atoms with Crippen molar-refractivity contribution in [3.8, 4) is 0 Å². The quantitative estimate of drug-likeness (QED) is 0.830.